The van der Waals surface area contributed by atoms with Crippen molar-refractivity contribution < 1.29 is 116 Å². The molecule has 1 aromatic carbocycles. The van der Waals surface area contributed by atoms with Gasteiger partial charge < -0.3 is 27.5 Å². The Labute approximate surface area is 322 Å². The molecule has 10 nitrogen and oxygen atoms in total. The maximum absolute atomic E-state index is 14.0. The molecule has 0 spiro atoms. The number of rotatable bonds is 25. The third-order valence-electron chi connectivity index (χ3n) is 8.29. The average Bonchev–Trinajstić information content (AvgIpc) is 3.10. The van der Waals surface area contributed by atoms with E-state index in [1.165, 1.54) is 21.3 Å². The highest BCUT2D eigenvalue weighted by Gasteiger charge is 2.82. The van der Waals surface area contributed by atoms with Gasteiger partial charge in [0.25, 0.3) is 5.69 Å². The fourth-order valence-electron chi connectivity index (χ4n) is 4.84. The van der Waals surface area contributed by atoms with E-state index in [0.29, 0.717) is 12.1 Å². The van der Waals surface area contributed by atoms with Crippen LogP contribution >= 0.6 is 0 Å². The fourth-order valence-corrected chi connectivity index (χ4v) is 6.64. The summed E-state index contributed by atoms with van der Waals surface area (Å²) >= 11 is 0. The second-order valence-corrected chi connectivity index (χ2v) is 15.4. The summed E-state index contributed by atoms with van der Waals surface area (Å²) in [6.07, 6.45) is -23.8. The summed E-state index contributed by atoms with van der Waals surface area (Å²) in [6.45, 7) is -1.71. The largest absolute Gasteiger partial charge is 0.500 e. The minimum atomic E-state index is -7.24. The summed E-state index contributed by atoms with van der Waals surface area (Å²) in [5, 5.41) is 11.9. The molecule has 1 atom stereocenters. The normalized spacial score (nSPS) is 14.6. The van der Waals surface area contributed by atoms with Gasteiger partial charge in [0.1, 0.15) is 6.10 Å². The highest BCUT2D eigenvalue weighted by Crippen LogP contribution is 2.55. The highest BCUT2D eigenvalue weighted by atomic mass is 28.4. The van der Waals surface area contributed by atoms with Crippen LogP contribution in [0.15, 0.2) is 12.1 Å². The third-order valence-corrected chi connectivity index (χ3v) is 11.1. The second kappa shape index (κ2) is 19.5. The van der Waals surface area contributed by atoms with Crippen LogP contribution in [0.5, 0.6) is 11.5 Å². The maximum Gasteiger partial charge on any atom is 0.500 e. The summed E-state index contributed by atoms with van der Waals surface area (Å²) in [5.74, 6) is -43.7. The Morgan fingerprint density at radius 1 is 0.644 bits per heavy atom. The third kappa shape index (κ3) is 12.1. The number of carbonyl (C=O) groups is 1. The average molecular weight is 924 g/mol. The van der Waals surface area contributed by atoms with E-state index in [0.717, 1.165) is 6.92 Å². The molecular formula is C30H35F18NO9Si. The van der Waals surface area contributed by atoms with Crippen LogP contribution in [0.1, 0.15) is 63.5 Å². The molecule has 0 heterocycles. The Morgan fingerprint density at radius 2 is 1.03 bits per heavy atom. The van der Waals surface area contributed by atoms with Gasteiger partial charge in [-0.25, -0.2) is 0 Å². The monoisotopic (exact) mass is 923 g/mol. The predicted octanol–water partition coefficient (Wildman–Crippen LogP) is 10.5. The number of unbranched alkanes of at least 4 members (excludes halogenated alkanes) is 1. The van der Waals surface area contributed by atoms with Crippen molar-refractivity contribution in [3.8, 4) is 11.5 Å². The molecule has 29 heteroatoms. The van der Waals surface area contributed by atoms with Crippen molar-refractivity contribution in [2.75, 3.05) is 34.5 Å². The van der Waals surface area contributed by atoms with Crippen molar-refractivity contribution in [2.45, 2.75) is 112 Å². The van der Waals surface area contributed by atoms with Gasteiger partial charge in [-0.15, -0.1) is 0 Å². The molecule has 344 valence electrons. The topological polar surface area (TPSA) is 116 Å². The smallest absolute Gasteiger partial charge is 0.490 e. The van der Waals surface area contributed by atoms with Gasteiger partial charge >= 0.3 is 62.7 Å². The summed E-state index contributed by atoms with van der Waals surface area (Å²) in [7, 11) is 0.895. The Balaban J connectivity index is 3.41. The molecule has 1 aromatic rings. The van der Waals surface area contributed by atoms with Crippen LogP contribution in [-0.2, 0) is 22.8 Å². The van der Waals surface area contributed by atoms with E-state index >= 15 is 0 Å². The van der Waals surface area contributed by atoms with Crippen molar-refractivity contribution in [1.29, 1.82) is 0 Å². The molecule has 0 aliphatic rings. The lowest BCUT2D eigenvalue weighted by molar-refractivity contribution is -0.396. The zero-order valence-corrected chi connectivity index (χ0v) is 31.7. The molecule has 0 saturated heterocycles. The number of hydrogen-bond donors (Lipinski definition) is 0. The van der Waals surface area contributed by atoms with Gasteiger partial charge in [0, 0.05) is 46.6 Å². The van der Waals surface area contributed by atoms with Crippen LogP contribution < -0.4 is 9.47 Å². The van der Waals surface area contributed by atoms with Crippen molar-refractivity contribution in [1.82, 2.24) is 0 Å². The maximum atomic E-state index is 14.0. The van der Waals surface area contributed by atoms with E-state index in [9.17, 15) is 93.9 Å². The Kier molecular flexibility index (Phi) is 17.7. The zero-order chi connectivity index (χ0) is 46.3. The van der Waals surface area contributed by atoms with E-state index in [-0.39, 0.29) is 25.3 Å². The van der Waals surface area contributed by atoms with Crippen LogP contribution in [0, 0.1) is 10.1 Å². The first-order valence-corrected chi connectivity index (χ1v) is 18.3. The number of hydrogen-bond acceptors (Lipinski definition) is 9. The van der Waals surface area contributed by atoms with E-state index < -0.39 is 135 Å². The Bertz CT molecular complexity index is 1550. The molecule has 0 saturated carbocycles. The number of ether oxygens (including phenoxy) is 3. The number of benzene rings is 1. The standard InChI is InChI=1S/C30H35F18NO9Si/c1-17(58-22(50)9-5-6-14-59(53-2,54-3)55-4)18-15-20(56-12-7-10-23(31,32)25(35,36)27(39,40)29(43,44)45)21(16-19(18)49(51)52)57-13-8-11-24(33,34)26(37,38)28(41,42)30(46,47)48/h15-17H,5-14H2,1-4H3. The first-order valence-electron chi connectivity index (χ1n) is 16.4. The molecule has 0 N–H and O–H groups in total. The van der Waals surface area contributed by atoms with E-state index in [1.54, 1.807) is 0 Å². The van der Waals surface area contributed by atoms with Crippen molar-refractivity contribution in [2.24, 2.45) is 0 Å². The molecule has 0 radical (unpaired) electrons. The lowest BCUT2D eigenvalue weighted by Crippen LogP contribution is -2.60. The first kappa shape index (κ1) is 53.5. The van der Waals surface area contributed by atoms with Gasteiger partial charge in [-0.3, -0.25) is 14.9 Å². The lowest BCUT2D eigenvalue weighted by atomic mass is 10.00. The van der Waals surface area contributed by atoms with Gasteiger partial charge in [0.05, 0.1) is 29.8 Å². The number of halogens is 18. The van der Waals surface area contributed by atoms with Gasteiger partial charge in [0.15, 0.2) is 11.5 Å². The van der Waals surface area contributed by atoms with Crippen molar-refractivity contribution >= 4 is 20.5 Å². The summed E-state index contributed by atoms with van der Waals surface area (Å²) in [5.41, 5.74) is -1.72. The molecule has 59 heavy (non-hydrogen) atoms. The second-order valence-electron chi connectivity index (χ2n) is 12.4. The number of nitrogens with zero attached hydrogens (tertiary/aromatic N) is 1. The Morgan fingerprint density at radius 3 is 1.39 bits per heavy atom. The SMILES string of the molecule is CO[Si](CCCCC(=O)OC(C)c1cc(OCCCC(F)(F)C(F)(F)C(F)(F)C(F)(F)F)c(OCCCC(F)(F)C(F)(F)C(F)(F)C(F)(F)F)cc1[N+](=O)[O-])(OC)OC. The van der Waals surface area contributed by atoms with E-state index in [2.05, 4.69) is 0 Å². The van der Waals surface area contributed by atoms with Crippen LogP contribution in [0.3, 0.4) is 0 Å². The molecule has 0 fully saturated rings. The molecule has 0 bridgehead atoms. The van der Waals surface area contributed by atoms with Crippen molar-refractivity contribution in [3.05, 3.63) is 27.8 Å². The van der Waals surface area contributed by atoms with E-state index in [1.807, 2.05) is 0 Å². The van der Waals surface area contributed by atoms with Crippen LogP contribution in [0.2, 0.25) is 6.04 Å². The number of esters is 1. The molecule has 0 aromatic heterocycles. The summed E-state index contributed by atoms with van der Waals surface area (Å²) in [6, 6.07) is 1.11. The van der Waals surface area contributed by atoms with Crippen LogP contribution in [0.25, 0.3) is 0 Å². The predicted molar refractivity (Wildman–Crippen MR) is 164 cm³/mol. The van der Waals surface area contributed by atoms with Gasteiger partial charge in [0.2, 0.25) is 0 Å². The van der Waals surface area contributed by atoms with Gasteiger partial charge in [-0.1, -0.05) is 0 Å². The highest BCUT2D eigenvalue weighted by molar-refractivity contribution is 6.60. The first-order chi connectivity index (χ1) is 26.6. The minimum Gasteiger partial charge on any atom is -0.490 e. The summed E-state index contributed by atoms with van der Waals surface area (Å²) < 4.78 is 269. The number of nitro benzene ring substituents is 1. The van der Waals surface area contributed by atoms with Crippen molar-refractivity contribution in [3.63, 3.8) is 0 Å². The lowest BCUT2D eigenvalue weighted by Gasteiger charge is -2.33. The van der Waals surface area contributed by atoms with Gasteiger partial charge in [-0.2, -0.15) is 79.0 Å². The summed E-state index contributed by atoms with van der Waals surface area (Å²) in [4.78, 5) is 23.3. The molecule has 0 aliphatic heterocycles. The van der Waals surface area contributed by atoms with Crippen LogP contribution in [0.4, 0.5) is 84.7 Å². The molecule has 1 rings (SSSR count). The number of alkyl halides is 18. The molecular weight excluding hydrogens is 888 g/mol. The Hall–Kier alpha value is -3.47. The zero-order valence-electron chi connectivity index (χ0n) is 30.7. The van der Waals surface area contributed by atoms with Crippen LogP contribution in [-0.4, -0.2) is 102 Å². The quantitative estimate of drug-likeness (QED) is 0.0236. The van der Waals surface area contributed by atoms with Gasteiger partial charge in [-0.05, 0) is 38.7 Å². The molecule has 0 amide bonds. The molecule has 0 aliphatic carbocycles. The molecule has 1 unspecified atom stereocenters. The van der Waals surface area contributed by atoms with E-state index in [4.69, 9.17) is 27.5 Å². The minimum absolute atomic E-state index is 0.108. The number of nitro groups is 1. The fraction of sp³-hybridized carbons (Fsp3) is 0.767. The number of carbonyl (C=O) groups excluding carboxylic acids is 1.